The maximum atomic E-state index is 5.15. The lowest BCUT2D eigenvalue weighted by atomic mass is 9.87. The van der Waals surface area contributed by atoms with Crippen molar-refractivity contribution in [3.63, 3.8) is 0 Å². The maximum Gasteiger partial charge on any atom is 0.217 e. The zero-order valence-corrected chi connectivity index (χ0v) is 9.46. The third kappa shape index (κ3) is 1.80. The van der Waals surface area contributed by atoms with Gasteiger partial charge in [-0.05, 0) is 32.0 Å². The van der Waals surface area contributed by atoms with E-state index in [1.807, 2.05) is 0 Å². The highest BCUT2D eigenvalue weighted by molar-refractivity contribution is 7.80. The molecule has 0 radical (unpaired) electrons. The summed E-state index contributed by atoms with van der Waals surface area (Å²) in [6, 6.07) is 0. The van der Waals surface area contributed by atoms with Crippen molar-refractivity contribution in [2.45, 2.75) is 45.2 Å². The van der Waals surface area contributed by atoms with Gasteiger partial charge in [0, 0.05) is 12.5 Å². The van der Waals surface area contributed by atoms with E-state index >= 15 is 0 Å². The quantitative estimate of drug-likeness (QED) is 0.657. The summed E-state index contributed by atoms with van der Waals surface area (Å²) in [6.45, 7) is 3.06. The Labute approximate surface area is 90.6 Å². The summed E-state index contributed by atoms with van der Waals surface area (Å²) in [5.41, 5.74) is 0. The first-order valence-corrected chi connectivity index (χ1v) is 5.95. The van der Waals surface area contributed by atoms with Crippen LogP contribution >= 0.6 is 12.2 Å². The molecule has 0 spiro atoms. The normalized spacial score (nSPS) is 28.8. The summed E-state index contributed by atoms with van der Waals surface area (Å²) >= 11 is 5.15. The fourth-order valence-corrected chi connectivity index (χ4v) is 2.73. The minimum atomic E-state index is 0.257. The molecule has 1 unspecified atom stereocenters. The summed E-state index contributed by atoms with van der Waals surface area (Å²) in [4.78, 5) is 2.16. The Morgan fingerprint density at radius 3 is 2.71 bits per heavy atom. The second-order valence-corrected chi connectivity index (χ2v) is 4.46. The van der Waals surface area contributed by atoms with E-state index in [9.17, 15) is 0 Å². The average Bonchev–Trinajstić information content (AvgIpc) is 2.61. The number of rotatable bonds is 2. The fourth-order valence-electron chi connectivity index (χ4n) is 2.44. The monoisotopic (exact) mass is 211 g/mol. The summed E-state index contributed by atoms with van der Waals surface area (Å²) in [5.74, 6) is 0.688. The summed E-state index contributed by atoms with van der Waals surface area (Å²) in [6.07, 6.45) is 6.93. The van der Waals surface area contributed by atoms with Gasteiger partial charge < -0.3 is 4.90 Å². The minimum absolute atomic E-state index is 0.257. The van der Waals surface area contributed by atoms with E-state index in [1.54, 1.807) is 0 Å². The molecule has 1 heterocycles. The van der Waals surface area contributed by atoms with Crippen molar-refractivity contribution in [2.75, 3.05) is 6.54 Å². The molecule has 1 saturated carbocycles. The Morgan fingerprint density at radius 1 is 1.36 bits per heavy atom. The van der Waals surface area contributed by atoms with Gasteiger partial charge in [-0.3, -0.25) is 0 Å². The first-order valence-electron chi connectivity index (χ1n) is 5.54. The van der Waals surface area contributed by atoms with Crippen molar-refractivity contribution in [1.82, 2.24) is 4.90 Å². The summed E-state index contributed by atoms with van der Waals surface area (Å²) in [5, 5.41) is 9.01. The third-order valence-corrected chi connectivity index (χ3v) is 3.55. The van der Waals surface area contributed by atoms with Crippen LogP contribution in [-0.4, -0.2) is 22.7 Å². The van der Waals surface area contributed by atoms with Gasteiger partial charge in [0.05, 0.1) is 0 Å². The number of thiocarbonyl (C=S) groups is 1. The average molecular weight is 211 g/mol. The van der Waals surface area contributed by atoms with E-state index in [1.165, 1.54) is 32.1 Å². The van der Waals surface area contributed by atoms with Gasteiger partial charge in [0.1, 0.15) is 6.17 Å². The molecule has 1 aliphatic heterocycles. The molecule has 1 aliphatic carbocycles. The topological polar surface area (TPSA) is 28.0 Å². The van der Waals surface area contributed by atoms with Crippen LogP contribution in [0.25, 0.3) is 0 Å². The molecule has 2 rings (SSSR count). The van der Waals surface area contributed by atoms with Crippen molar-refractivity contribution in [3.05, 3.63) is 0 Å². The summed E-state index contributed by atoms with van der Waals surface area (Å²) < 4.78 is 0. The lowest BCUT2D eigenvalue weighted by Gasteiger charge is -2.31. The molecular formula is C10H17N3S. The first kappa shape index (κ1) is 10.0. The fraction of sp³-hybridized carbons (Fsp3) is 0.900. The standard InChI is InChI=1S/C10H17N3S/c1-2-13-9(11-12-10(13)14)8-6-4-3-5-7-8/h8-9H,2-7H2,1H3. The molecule has 0 bridgehead atoms. The van der Waals surface area contributed by atoms with E-state index in [0.29, 0.717) is 11.0 Å². The third-order valence-electron chi connectivity index (χ3n) is 3.24. The molecule has 1 fully saturated rings. The number of hydrogen-bond donors (Lipinski definition) is 0. The van der Waals surface area contributed by atoms with Crippen LogP contribution < -0.4 is 0 Å². The summed E-state index contributed by atoms with van der Waals surface area (Å²) in [7, 11) is 0. The predicted octanol–water partition coefficient (Wildman–Crippen LogP) is 2.97. The highest BCUT2D eigenvalue weighted by atomic mass is 32.1. The van der Waals surface area contributed by atoms with Crippen LogP contribution in [-0.2, 0) is 0 Å². The highest BCUT2D eigenvalue weighted by Crippen LogP contribution is 2.32. The molecule has 3 nitrogen and oxygen atoms in total. The van der Waals surface area contributed by atoms with Crippen molar-refractivity contribution >= 4 is 17.3 Å². The Hall–Kier alpha value is -0.510. The zero-order valence-electron chi connectivity index (χ0n) is 8.65. The van der Waals surface area contributed by atoms with Crippen molar-refractivity contribution < 1.29 is 0 Å². The number of hydrogen-bond acceptors (Lipinski definition) is 2. The van der Waals surface area contributed by atoms with Crippen LogP contribution in [0.5, 0.6) is 0 Å². The SMILES string of the molecule is CCN1C(=S)N=NC1C1CCCCC1. The molecule has 1 atom stereocenters. The molecule has 0 aromatic rings. The minimum Gasteiger partial charge on any atom is -0.322 e. The Bertz CT molecular complexity index is 246. The van der Waals surface area contributed by atoms with Gasteiger partial charge in [0.15, 0.2) is 0 Å². The van der Waals surface area contributed by atoms with Crippen LogP contribution in [0.1, 0.15) is 39.0 Å². The Morgan fingerprint density at radius 2 is 2.07 bits per heavy atom. The van der Waals surface area contributed by atoms with Gasteiger partial charge in [-0.25, -0.2) is 0 Å². The van der Waals surface area contributed by atoms with E-state index < -0.39 is 0 Å². The van der Waals surface area contributed by atoms with E-state index in [-0.39, 0.29) is 6.17 Å². The smallest absolute Gasteiger partial charge is 0.217 e. The second kappa shape index (κ2) is 4.34. The molecule has 78 valence electrons. The van der Waals surface area contributed by atoms with Crippen LogP contribution in [0.2, 0.25) is 0 Å². The molecule has 0 N–H and O–H groups in total. The van der Waals surface area contributed by atoms with Gasteiger partial charge in [0.2, 0.25) is 5.11 Å². The molecule has 14 heavy (non-hydrogen) atoms. The Balaban J connectivity index is 2.02. The van der Waals surface area contributed by atoms with Crippen LogP contribution in [0.15, 0.2) is 10.2 Å². The first-order chi connectivity index (χ1) is 6.83. The van der Waals surface area contributed by atoms with Gasteiger partial charge in [0.25, 0.3) is 0 Å². The largest absolute Gasteiger partial charge is 0.322 e. The van der Waals surface area contributed by atoms with Crippen LogP contribution in [0.4, 0.5) is 0 Å². The van der Waals surface area contributed by atoms with Crippen molar-refractivity contribution in [1.29, 1.82) is 0 Å². The number of azo groups is 1. The highest BCUT2D eigenvalue weighted by Gasteiger charge is 2.32. The van der Waals surface area contributed by atoms with Gasteiger partial charge in [-0.15, -0.1) is 5.11 Å². The van der Waals surface area contributed by atoms with E-state index in [4.69, 9.17) is 12.2 Å². The van der Waals surface area contributed by atoms with Crippen LogP contribution in [0, 0.1) is 5.92 Å². The molecule has 4 heteroatoms. The van der Waals surface area contributed by atoms with Crippen LogP contribution in [0.3, 0.4) is 0 Å². The molecule has 0 aromatic heterocycles. The molecule has 0 aromatic carbocycles. The lowest BCUT2D eigenvalue weighted by Crippen LogP contribution is -2.38. The second-order valence-electron chi connectivity index (χ2n) is 4.10. The molecule has 0 saturated heterocycles. The Kier molecular flexibility index (Phi) is 3.11. The van der Waals surface area contributed by atoms with Gasteiger partial charge >= 0.3 is 0 Å². The maximum absolute atomic E-state index is 5.15. The predicted molar refractivity (Wildman–Crippen MR) is 60.2 cm³/mol. The molecule has 0 amide bonds. The van der Waals surface area contributed by atoms with Gasteiger partial charge in [-0.2, -0.15) is 5.11 Å². The molecule has 2 aliphatic rings. The lowest BCUT2D eigenvalue weighted by molar-refractivity contribution is 0.205. The molecular weight excluding hydrogens is 194 g/mol. The zero-order chi connectivity index (χ0) is 9.97. The van der Waals surface area contributed by atoms with E-state index in [0.717, 1.165) is 6.54 Å². The number of nitrogens with zero attached hydrogens (tertiary/aromatic N) is 3. The van der Waals surface area contributed by atoms with Crippen molar-refractivity contribution in [2.24, 2.45) is 16.1 Å². The van der Waals surface area contributed by atoms with Gasteiger partial charge in [-0.1, -0.05) is 19.3 Å². The van der Waals surface area contributed by atoms with Crippen molar-refractivity contribution in [3.8, 4) is 0 Å². The van der Waals surface area contributed by atoms with E-state index in [2.05, 4.69) is 22.1 Å².